The SMILES string of the molecule is CC(C)CC(O)CNc1ccc(Br)cc1C#N. The van der Waals surface area contributed by atoms with E-state index in [2.05, 4.69) is 41.2 Å². The molecule has 0 amide bonds. The number of hydrogen-bond donors (Lipinski definition) is 2. The van der Waals surface area contributed by atoms with Gasteiger partial charge in [-0.2, -0.15) is 5.26 Å². The minimum Gasteiger partial charge on any atom is -0.391 e. The van der Waals surface area contributed by atoms with E-state index in [-0.39, 0.29) is 6.10 Å². The second-order valence-corrected chi connectivity index (χ2v) is 5.38. The van der Waals surface area contributed by atoms with Crippen LogP contribution in [0.5, 0.6) is 0 Å². The summed E-state index contributed by atoms with van der Waals surface area (Å²) in [6, 6.07) is 7.60. The predicted octanol–water partition coefficient (Wildman–Crippen LogP) is 3.14. The topological polar surface area (TPSA) is 56.0 Å². The Balaban J connectivity index is 2.61. The number of aliphatic hydroxyl groups excluding tert-OH is 1. The molecule has 4 heteroatoms. The van der Waals surface area contributed by atoms with Crippen molar-refractivity contribution in [2.45, 2.75) is 26.4 Å². The van der Waals surface area contributed by atoms with Crippen LogP contribution in [0.2, 0.25) is 0 Å². The molecule has 1 aromatic rings. The van der Waals surface area contributed by atoms with E-state index in [0.29, 0.717) is 18.0 Å². The number of halogens is 1. The zero-order valence-electron chi connectivity index (χ0n) is 10.1. The standard InChI is InChI=1S/C13H17BrN2O/c1-9(2)5-12(17)8-16-13-4-3-11(14)6-10(13)7-15/h3-4,6,9,12,16-17H,5,8H2,1-2H3. The number of nitrogens with zero attached hydrogens (tertiary/aromatic N) is 1. The lowest BCUT2D eigenvalue weighted by Gasteiger charge is -2.15. The lowest BCUT2D eigenvalue weighted by Crippen LogP contribution is -2.21. The van der Waals surface area contributed by atoms with Crippen molar-refractivity contribution < 1.29 is 5.11 Å². The van der Waals surface area contributed by atoms with E-state index >= 15 is 0 Å². The third-order valence-corrected chi connectivity index (χ3v) is 2.87. The lowest BCUT2D eigenvalue weighted by molar-refractivity contribution is 0.161. The van der Waals surface area contributed by atoms with Crippen LogP contribution in [0, 0.1) is 17.2 Å². The Hall–Kier alpha value is -1.05. The van der Waals surface area contributed by atoms with Gasteiger partial charge in [0.15, 0.2) is 0 Å². The maximum Gasteiger partial charge on any atom is 0.101 e. The van der Waals surface area contributed by atoms with E-state index in [1.165, 1.54) is 0 Å². The molecule has 0 spiro atoms. The Morgan fingerprint density at radius 1 is 1.47 bits per heavy atom. The fraction of sp³-hybridized carbons (Fsp3) is 0.462. The minimum absolute atomic E-state index is 0.384. The van der Waals surface area contributed by atoms with E-state index in [9.17, 15) is 5.11 Å². The molecule has 92 valence electrons. The van der Waals surface area contributed by atoms with Gasteiger partial charge in [0.25, 0.3) is 0 Å². The average Bonchev–Trinajstić information content (AvgIpc) is 2.26. The fourth-order valence-corrected chi connectivity index (χ4v) is 1.98. The molecule has 0 heterocycles. The van der Waals surface area contributed by atoms with E-state index in [0.717, 1.165) is 16.6 Å². The predicted molar refractivity (Wildman–Crippen MR) is 72.8 cm³/mol. The third kappa shape index (κ3) is 4.76. The van der Waals surface area contributed by atoms with Gasteiger partial charge in [0, 0.05) is 11.0 Å². The Morgan fingerprint density at radius 2 is 2.18 bits per heavy atom. The molecule has 1 rings (SSSR count). The summed E-state index contributed by atoms with van der Waals surface area (Å²) < 4.78 is 0.877. The van der Waals surface area contributed by atoms with Crippen LogP contribution >= 0.6 is 15.9 Å². The number of rotatable bonds is 5. The summed E-state index contributed by atoms with van der Waals surface area (Å²) in [6.07, 6.45) is 0.371. The van der Waals surface area contributed by atoms with E-state index in [1.54, 1.807) is 6.07 Å². The first-order valence-corrected chi connectivity index (χ1v) is 6.43. The number of aliphatic hydroxyl groups is 1. The molecule has 0 saturated heterocycles. The summed E-state index contributed by atoms with van der Waals surface area (Å²) in [5, 5.41) is 21.8. The van der Waals surface area contributed by atoms with Gasteiger partial charge in [0.05, 0.1) is 17.4 Å². The fourth-order valence-electron chi connectivity index (χ4n) is 1.62. The molecule has 0 saturated carbocycles. The molecule has 0 bridgehead atoms. The Morgan fingerprint density at radius 3 is 2.76 bits per heavy atom. The van der Waals surface area contributed by atoms with Gasteiger partial charge in [-0.25, -0.2) is 0 Å². The molecule has 0 aromatic heterocycles. The van der Waals surface area contributed by atoms with Crippen molar-refractivity contribution >= 4 is 21.6 Å². The molecule has 0 aliphatic carbocycles. The summed E-state index contributed by atoms with van der Waals surface area (Å²) in [6.45, 7) is 4.61. The summed E-state index contributed by atoms with van der Waals surface area (Å²) in [5.74, 6) is 0.465. The molecule has 0 aliphatic rings. The number of anilines is 1. The van der Waals surface area contributed by atoms with Crippen LogP contribution in [0.3, 0.4) is 0 Å². The van der Waals surface area contributed by atoms with Gasteiger partial charge in [-0.3, -0.25) is 0 Å². The van der Waals surface area contributed by atoms with Crippen LogP contribution in [-0.2, 0) is 0 Å². The largest absolute Gasteiger partial charge is 0.391 e. The molecular weight excluding hydrogens is 280 g/mol. The molecule has 3 nitrogen and oxygen atoms in total. The number of benzene rings is 1. The van der Waals surface area contributed by atoms with Crippen LogP contribution in [-0.4, -0.2) is 17.8 Å². The second-order valence-electron chi connectivity index (χ2n) is 4.47. The summed E-state index contributed by atoms with van der Waals surface area (Å²) in [5.41, 5.74) is 1.34. The van der Waals surface area contributed by atoms with E-state index in [1.807, 2.05) is 12.1 Å². The quantitative estimate of drug-likeness (QED) is 0.878. The van der Waals surface area contributed by atoms with E-state index in [4.69, 9.17) is 5.26 Å². The number of nitrogens with one attached hydrogen (secondary N) is 1. The third-order valence-electron chi connectivity index (χ3n) is 2.37. The molecule has 1 unspecified atom stereocenters. The van der Waals surface area contributed by atoms with Crippen LogP contribution in [0.1, 0.15) is 25.8 Å². The first kappa shape index (κ1) is 14.0. The zero-order valence-corrected chi connectivity index (χ0v) is 11.7. The smallest absolute Gasteiger partial charge is 0.101 e. The highest BCUT2D eigenvalue weighted by atomic mass is 79.9. The van der Waals surface area contributed by atoms with Crippen molar-refractivity contribution in [1.29, 1.82) is 5.26 Å². The normalized spacial score (nSPS) is 12.2. The van der Waals surface area contributed by atoms with Gasteiger partial charge in [-0.05, 0) is 30.5 Å². The molecule has 1 aromatic carbocycles. The van der Waals surface area contributed by atoms with Crippen LogP contribution in [0.25, 0.3) is 0 Å². The molecule has 2 N–H and O–H groups in total. The minimum atomic E-state index is -0.384. The van der Waals surface area contributed by atoms with Gasteiger partial charge in [0.1, 0.15) is 6.07 Å². The molecular formula is C13H17BrN2O. The number of hydrogen-bond acceptors (Lipinski definition) is 3. The summed E-state index contributed by atoms with van der Waals surface area (Å²) in [4.78, 5) is 0. The van der Waals surface area contributed by atoms with Crippen molar-refractivity contribution in [1.82, 2.24) is 0 Å². The molecule has 1 atom stereocenters. The van der Waals surface area contributed by atoms with Gasteiger partial charge in [-0.1, -0.05) is 29.8 Å². The van der Waals surface area contributed by atoms with Gasteiger partial charge in [-0.15, -0.1) is 0 Å². The second kappa shape index (κ2) is 6.63. The Labute approximate surface area is 111 Å². The van der Waals surface area contributed by atoms with Crippen molar-refractivity contribution in [3.05, 3.63) is 28.2 Å². The molecule has 0 radical (unpaired) electrons. The van der Waals surface area contributed by atoms with E-state index < -0.39 is 0 Å². The van der Waals surface area contributed by atoms with Gasteiger partial charge < -0.3 is 10.4 Å². The van der Waals surface area contributed by atoms with Crippen molar-refractivity contribution in [3.63, 3.8) is 0 Å². The first-order chi connectivity index (χ1) is 8.02. The monoisotopic (exact) mass is 296 g/mol. The lowest BCUT2D eigenvalue weighted by atomic mass is 10.1. The van der Waals surface area contributed by atoms with Crippen molar-refractivity contribution in [2.75, 3.05) is 11.9 Å². The average molecular weight is 297 g/mol. The molecule has 0 fully saturated rings. The highest BCUT2D eigenvalue weighted by Gasteiger charge is 2.08. The highest BCUT2D eigenvalue weighted by Crippen LogP contribution is 2.20. The maximum absolute atomic E-state index is 9.74. The Kier molecular flexibility index (Phi) is 5.46. The van der Waals surface area contributed by atoms with Crippen LogP contribution in [0.4, 0.5) is 5.69 Å². The highest BCUT2D eigenvalue weighted by molar-refractivity contribution is 9.10. The summed E-state index contributed by atoms with van der Waals surface area (Å²) in [7, 11) is 0. The Bertz CT molecular complexity index is 412. The van der Waals surface area contributed by atoms with Crippen molar-refractivity contribution in [2.24, 2.45) is 5.92 Å². The van der Waals surface area contributed by atoms with Gasteiger partial charge in [0.2, 0.25) is 0 Å². The van der Waals surface area contributed by atoms with Crippen LogP contribution < -0.4 is 5.32 Å². The first-order valence-electron chi connectivity index (χ1n) is 5.64. The zero-order chi connectivity index (χ0) is 12.8. The summed E-state index contributed by atoms with van der Waals surface area (Å²) >= 11 is 3.32. The number of nitriles is 1. The van der Waals surface area contributed by atoms with Gasteiger partial charge >= 0.3 is 0 Å². The molecule has 0 aliphatic heterocycles. The van der Waals surface area contributed by atoms with Crippen LogP contribution in [0.15, 0.2) is 22.7 Å². The molecule has 17 heavy (non-hydrogen) atoms. The van der Waals surface area contributed by atoms with Crippen molar-refractivity contribution in [3.8, 4) is 6.07 Å². The maximum atomic E-state index is 9.74.